The SMILES string of the molecule is Cc1cncc(CC(C(C)C)C(C)O)c1. The number of pyridine rings is 1. The molecule has 1 heterocycles. The molecule has 2 atom stereocenters. The van der Waals surface area contributed by atoms with Crippen LogP contribution >= 0.6 is 0 Å². The van der Waals surface area contributed by atoms with E-state index < -0.39 is 0 Å². The lowest BCUT2D eigenvalue weighted by Gasteiger charge is -2.23. The maximum absolute atomic E-state index is 9.69. The molecule has 0 saturated carbocycles. The number of hydrogen-bond acceptors (Lipinski definition) is 2. The van der Waals surface area contributed by atoms with Gasteiger partial charge in [-0.05, 0) is 43.2 Å². The zero-order chi connectivity index (χ0) is 11.4. The molecule has 2 unspecified atom stereocenters. The highest BCUT2D eigenvalue weighted by atomic mass is 16.3. The molecule has 0 fully saturated rings. The first-order valence-electron chi connectivity index (χ1n) is 5.59. The molecule has 15 heavy (non-hydrogen) atoms. The van der Waals surface area contributed by atoms with Crippen molar-refractivity contribution in [1.29, 1.82) is 0 Å². The summed E-state index contributed by atoms with van der Waals surface area (Å²) in [6.07, 6.45) is 4.40. The maximum atomic E-state index is 9.69. The number of hydrogen-bond donors (Lipinski definition) is 1. The van der Waals surface area contributed by atoms with E-state index in [0.29, 0.717) is 11.8 Å². The largest absolute Gasteiger partial charge is 0.393 e. The predicted molar refractivity (Wildman–Crippen MR) is 62.7 cm³/mol. The van der Waals surface area contributed by atoms with Gasteiger partial charge in [-0.25, -0.2) is 0 Å². The Balaban J connectivity index is 2.74. The van der Waals surface area contributed by atoms with E-state index in [1.54, 1.807) is 0 Å². The minimum atomic E-state index is -0.259. The summed E-state index contributed by atoms with van der Waals surface area (Å²) >= 11 is 0. The quantitative estimate of drug-likeness (QED) is 0.823. The molecule has 0 aliphatic carbocycles. The lowest BCUT2D eigenvalue weighted by Crippen LogP contribution is -2.24. The second-order valence-corrected chi connectivity index (χ2v) is 4.72. The van der Waals surface area contributed by atoms with Crippen molar-refractivity contribution in [3.63, 3.8) is 0 Å². The summed E-state index contributed by atoms with van der Waals surface area (Å²) in [7, 11) is 0. The van der Waals surface area contributed by atoms with Crippen LogP contribution in [0, 0.1) is 18.8 Å². The average molecular weight is 207 g/mol. The molecule has 1 N–H and O–H groups in total. The minimum Gasteiger partial charge on any atom is -0.393 e. The van der Waals surface area contributed by atoms with E-state index in [4.69, 9.17) is 0 Å². The van der Waals surface area contributed by atoms with Crippen molar-refractivity contribution in [1.82, 2.24) is 4.98 Å². The lowest BCUT2D eigenvalue weighted by atomic mass is 9.85. The van der Waals surface area contributed by atoms with Crippen LogP contribution in [0.3, 0.4) is 0 Å². The van der Waals surface area contributed by atoms with Crippen molar-refractivity contribution in [2.45, 2.75) is 40.2 Å². The van der Waals surface area contributed by atoms with E-state index >= 15 is 0 Å². The zero-order valence-electron chi connectivity index (χ0n) is 10.1. The fraction of sp³-hybridized carbons (Fsp3) is 0.615. The first kappa shape index (κ1) is 12.2. The molecule has 0 bridgehead atoms. The van der Waals surface area contributed by atoms with Crippen LogP contribution in [0.2, 0.25) is 0 Å². The highest BCUT2D eigenvalue weighted by molar-refractivity contribution is 5.17. The van der Waals surface area contributed by atoms with Gasteiger partial charge in [-0.2, -0.15) is 0 Å². The molecule has 0 radical (unpaired) electrons. The lowest BCUT2D eigenvalue weighted by molar-refractivity contribution is 0.0976. The second-order valence-electron chi connectivity index (χ2n) is 4.72. The Labute approximate surface area is 92.4 Å². The van der Waals surface area contributed by atoms with E-state index in [2.05, 4.69) is 24.9 Å². The molecule has 0 saturated heterocycles. The molecule has 0 aliphatic heterocycles. The standard InChI is InChI=1S/C13H21NO/c1-9(2)13(11(4)15)6-12-5-10(3)7-14-8-12/h5,7-9,11,13,15H,6H2,1-4H3. The minimum absolute atomic E-state index is 0.259. The number of aromatic nitrogens is 1. The summed E-state index contributed by atoms with van der Waals surface area (Å²) in [6.45, 7) is 8.22. The fourth-order valence-corrected chi connectivity index (χ4v) is 1.96. The Morgan fingerprint density at radius 1 is 1.27 bits per heavy atom. The molecule has 0 aromatic carbocycles. The van der Waals surface area contributed by atoms with E-state index in [9.17, 15) is 5.11 Å². The zero-order valence-corrected chi connectivity index (χ0v) is 10.1. The molecule has 1 aromatic rings. The van der Waals surface area contributed by atoms with Gasteiger partial charge in [0.2, 0.25) is 0 Å². The summed E-state index contributed by atoms with van der Waals surface area (Å²) < 4.78 is 0. The second kappa shape index (κ2) is 5.26. The number of aryl methyl sites for hydroxylation is 1. The third-order valence-corrected chi connectivity index (χ3v) is 2.88. The van der Waals surface area contributed by atoms with Crippen molar-refractivity contribution in [3.05, 3.63) is 29.6 Å². The summed E-state index contributed by atoms with van der Waals surface area (Å²) in [6, 6.07) is 2.14. The molecule has 2 nitrogen and oxygen atoms in total. The average Bonchev–Trinajstić information content (AvgIpc) is 2.13. The third kappa shape index (κ3) is 3.63. The summed E-state index contributed by atoms with van der Waals surface area (Å²) in [5.74, 6) is 0.805. The van der Waals surface area contributed by atoms with Crippen molar-refractivity contribution in [3.8, 4) is 0 Å². The predicted octanol–water partition coefficient (Wildman–Crippen LogP) is 2.59. The smallest absolute Gasteiger partial charge is 0.0545 e. The van der Waals surface area contributed by atoms with Gasteiger partial charge in [0.05, 0.1) is 6.10 Å². The molecule has 1 aromatic heterocycles. The van der Waals surface area contributed by atoms with Gasteiger partial charge in [0.25, 0.3) is 0 Å². The van der Waals surface area contributed by atoms with Crippen LogP contribution in [-0.4, -0.2) is 16.2 Å². The number of aliphatic hydroxyl groups excluding tert-OH is 1. The first-order chi connectivity index (χ1) is 7.00. The van der Waals surface area contributed by atoms with E-state index in [1.807, 2.05) is 26.2 Å². The topological polar surface area (TPSA) is 33.1 Å². The van der Waals surface area contributed by atoms with E-state index in [1.165, 1.54) is 11.1 Å². The van der Waals surface area contributed by atoms with Crippen molar-refractivity contribution < 1.29 is 5.11 Å². The van der Waals surface area contributed by atoms with Crippen LogP contribution in [0.25, 0.3) is 0 Å². The van der Waals surface area contributed by atoms with Crippen molar-refractivity contribution >= 4 is 0 Å². The molecule has 0 aliphatic rings. The Morgan fingerprint density at radius 3 is 2.40 bits per heavy atom. The van der Waals surface area contributed by atoms with Crippen LogP contribution in [0.1, 0.15) is 31.9 Å². The highest BCUT2D eigenvalue weighted by Crippen LogP contribution is 2.20. The molecule has 2 heteroatoms. The van der Waals surface area contributed by atoms with Gasteiger partial charge >= 0.3 is 0 Å². The molecule has 1 rings (SSSR count). The van der Waals surface area contributed by atoms with Gasteiger partial charge < -0.3 is 5.11 Å². The maximum Gasteiger partial charge on any atom is 0.0545 e. The highest BCUT2D eigenvalue weighted by Gasteiger charge is 2.19. The van der Waals surface area contributed by atoms with Crippen LogP contribution < -0.4 is 0 Å². The Bertz CT molecular complexity index is 299. The van der Waals surface area contributed by atoms with Gasteiger partial charge in [-0.15, -0.1) is 0 Å². The van der Waals surface area contributed by atoms with Gasteiger partial charge in [-0.3, -0.25) is 4.98 Å². The van der Waals surface area contributed by atoms with E-state index in [-0.39, 0.29) is 6.10 Å². The number of aliphatic hydroxyl groups is 1. The Morgan fingerprint density at radius 2 is 1.93 bits per heavy atom. The monoisotopic (exact) mass is 207 g/mol. The van der Waals surface area contributed by atoms with Gasteiger partial charge in [-0.1, -0.05) is 19.9 Å². The molecule has 84 valence electrons. The van der Waals surface area contributed by atoms with Crippen LogP contribution in [0.15, 0.2) is 18.5 Å². The first-order valence-corrected chi connectivity index (χ1v) is 5.59. The number of rotatable bonds is 4. The summed E-state index contributed by atoms with van der Waals surface area (Å²) in [5, 5.41) is 9.69. The molecular weight excluding hydrogens is 186 g/mol. The Hall–Kier alpha value is -0.890. The van der Waals surface area contributed by atoms with Crippen LogP contribution in [0.5, 0.6) is 0 Å². The fourth-order valence-electron chi connectivity index (χ4n) is 1.96. The van der Waals surface area contributed by atoms with Gasteiger partial charge in [0, 0.05) is 12.4 Å². The molecule has 0 spiro atoms. The Kier molecular flexibility index (Phi) is 4.28. The molecular formula is C13H21NO. The number of nitrogens with zero attached hydrogens (tertiary/aromatic N) is 1. The van der Waals surface area contributed by atoms with Crippen LogP contribution in [0.4, 0.5) is 0 Å². The summed E-state index contributed by atoms with van der Waals surface area (Å²) in [4.78, 5) is 4.17. The normalized spacial score (nSPS) is 15.3. The van der Waals surface area contributed by atoms with Crippen molar-refractivity contribution in [2.75, 3.05) is 0 Å². The molecule has 0 amide bonds. The van der Waals surface area contributed by atoms with Crippen LogP contribution in [-0.2, 0) is 6.42 Å². The van der Waals surface area contributed by atoms with Crippen molar-refractivity contribution in [2.24, 2.45) is 11.8 Å². The van der Waals surface area contributed by atoms with Gasteiger partial charge in [0.15, 0.2) is 0 Å². The third-order valence-electron chi connectivity index (χ3n) is 2.88. The van der Waals surface area contributed by atoms with Gasteiger partial charge in [0.1, 0.15) is 0 Å². The van der Waals surface area contributed by atoms with E-state index in [0.717, 1.165) is 6.42 Å². The summed E-state index contributed by atoms with van der Waals surface area (Å²) in [5.41, 5.74) is 2.40.